The first-order chi connectivity index (χ1) is 15.0. The maximum atomic E-state index is 12.8. The number of hydrazine groups is 1. The number of rotatable bonds is 8. The van der Waals surface area contributed by atoms with Crippen LogP contribution in [0.1, 0.15) is 27.5 Å². The Kier molecular flexibility index (Phi) is 7.61. The maximum Gasteiger partial charge on any atom is 0.255 e. The van der Waals surface area contributed by atoms with Gasteiger partial charge in [-0.15, -0.1) is 0 Å². The minimum absolute atomic E-state index is 0.0194. The molecule has 0 aliphatic carbocycles. The van der Waals surface area contributed by atoms with E-state index in [1.54, 1.807) is 49.6 Å². The van der Waals surface area contributed by atoms with Crippen molar-refractivity contribution in [3.63, 3.8) is 0 Å². The summed E-state index contributed by atoms with van der Waals surface area (Å²) in [5, 5.41) is 6.62. The second kappa shape index (κ2) is 10.6. The number of halogens is 1. The van der Waals surface area contributed by atoms with Crippen molar-refractivity contribution in [2.24, 2.45) is 5.84 Å². The van der Waals surface area contributed by atoms with Gasteiger partial charge in [-0.3, -0.25) is 20.3 Å². The Morgan fingerprint density at radius 1 is 1.03 bits per heavy atom. The normalized spacial score (nSPS) is 11.5. The molecule has 7 nitrogen and oxygen atoms in total. The molecule has 1 unspecified atom stereocenters. The Labute approximate surface area is 185 Å². The highest BCUT2D eigenvalue weighted by Crippen LogP contribution is 2.31. The summed E-state index contributed by atoms with van der Waals surface area (Å²) < 4.78 is 5.14. The molecule has 160 valence electrons. The summed E-state index contributed by atoms with van der Waals surface area (Å²) in [4.78, 5) is 24.6. The summed E-state index contributed by atoms with van der Waals surface area (Å²) in [6, 6.07) is 21.1. The molecule has 31 heavy (non-hydrogen) atoms. The van der Waals surface area contributed by atoms with Crippen LogP contribution in [0.25, 0.3) is 0 Å². The van der Waals surface area contributed by atoms with Crippen LogP contribution in [0.15, 0.2) is 72.8 Å². The van der Waals surface area contributed by atoms with Gasteiger partial charge in [0.25, 0.3) is 5.91 Å². The third-order valence-electron chi connectivity index (χ3n) is 4.69. The van der Waals surface area contributed by atoms with Crippen molar-refractivity contribution in [1.82, 2.24) is 10.7 Å². The van der Waals surface area contributed by atoms with Crippen molar-refractivity contribution in [1.29, 1.82) is 0 Å². The Morgan fingerprint density at radius 2 is 1.74 bits per heavy atom. The van der Waals surface area contributed by atoms with Crippen LogP contribution in [-0.4, -0.2) is 25.5 Å². The Hall–Kier alpha value is -3.39. The van der Waals surface area contributed by atoms with E-state index in [9.17, 15) is 9.59 Å². The number of hydrogen-bond acceptors (Lipinski definition) is 5. The van der Waals surface area contributed by atoms with Crippen molar-refractivity contribution < 1.29 is 14.3 Å². The summed E-state index contributed by atoms with van der Waals surface area (Å²) in [5.74, 6) is 5.23. The van der Waals surface area contributed by atoms with E-state index < -0.39 is 6.04 Å². The Balaban J connectivity index is 1.94. The van der Waals surface area contributed by atoms with E-state index in [1.165, 1.54) is 0 Å². The number of hydrogen-bond donors (Lipinski definition) is 4. The van der Waals surface area contributed by atoms with Crippen molar-refractivity contribution in [3.05, 3.63) is 94.5 Å². The monoisotopic (exact) mass is 438 g/mol. The largest absolute Gasteiger partial charge is 0.497 e. The second-order valence-electron chi connectivity index (χ2n) is 6.71. The van der Waals surface area contributed by atoms with Crippen LogP contribution in [0.5, 0.6) is 5.75 Å². The summed E-state index contributed by atoms with van der Waals surface area (Å²) in [6.45, 7) is -0.0194. The topological polar surface area (TPSA) is 105 Å². The fraction of sp³-hybridized carbons (Fsp3) is 0.130. The zero-order valence-electron chi connectivity index (χ0n) is 16.9. The highest BCUT2D eigenvalue weighted by molar-refractivity contribution is 6.30. The zero-order valence-corrected chi connectivity index (χ0v) is 17.6. The molecule has 3 aromatic carbocycles. The van der Waals surface area contributed by atoms with Gasteiger partial charge in [0.05, 0.1) is 19.7 Å². The highest BCUT2D eigenvalue weighted by atomic mass is 35.5. The maximum absolute atomic E-state index is 12.8. The number of ether oxygens (including phenoxy) is 1. The lowest BCUT2D eigenvalue weighted by Crippen LogP contribution is -2.39. The van der Waals surface area contributed by atoms with Gasteiger partial charge in [-0.1, -0.05) is 41.9 Å². The molecule has 3 aromatic rings. The molecule has 8 heteroatoms. The van der Waals surface area contributed by atoms with Gasteiger partial charge in [0.15, 0.2) is 0 Å². The fourth-order valence-corrected chi connectivity index (χ4v) is 3.30. The van der Waals surface area contributed by atoms with Gasteiger partial charge in [-0.05, 0) is 53.6 Å². The quantitative estimate of drug-likeness (QED) is 0.245. The van der Waals surface area contributed by atoms with Crippen LogP contribution in [0.3, 0.4) is 0 Å². The van der Waals surface area contributed by atoms with Crippen LogP contribution >= 0.6 is 11.6 Å². The minimum Gasteiger partial charge on any atom is -0.497 e. The molecule has 0 aromatic heterocycles. The molecule has 1 atom stereocenters. The van der Waals surface area contributed by atoms with E-state index >= 15 is 0 Å². The van der Waals surface area contributed by atoms with Gasteiger partial charge >= 0.3 is 0 Å². The Morgan fingerprint density at radius 3 is 2.39 bits per heavy atom. The van der Waals surface area contributed by atoms with E-state index in [1.807, 2.05) is 30.3 Å². The first-order valence-corrected chi connectivity index (χ1v) is 9.92. The molecule has 5 N–H and O–H groups in total. The van der Waals surface area contributed by atoms with Crippen LogP contribution in [-0.2, 0) is 4.79 Å². The summed E-state index contributed by atoms with van der Waals surface area (Å²) in [7, 11) is 1.57. The van der Waals surface area contributed by atoms with Gasteiger partial charge in [0, 0.05) is 16.3 Å². The minimum atomic E-state index is -0.414. The van der Waals surface area contributed by atoms with Crippen molar-refractivity contribution in [2.75, 3.05) is 19.0 Å². The first-order valence-electron chi connectivity index (χ1n) is 9.54. The van der Waals surface area contributed by atoms with Gasteiger partial charge in [-0.2, -0.15) is 0 Å². The van der Waals surface area contributed by atoms with Crippen LogP contribution in [0, 0.1) is 0 Å². The predicted octanol–water partition coefficient (Wildman–Crippen LogP) is 3.27. The lowest BCUT2D eigenvalue weighted by Gasteiger charge is -2.23. The molecular weight excluding hydrogens is 416 g/mol. The average Bonchev–Trinajstić information content (AvgIpc) is 2.81. The first kappa shape index (κ1) is 22.3. The standard InChI is InChI=1S/C23H23ClN4O3/c1-31-18-10-7-16(8-11-18)23(30)27-20-12-9-17(24)13-19(20)22(26-14-21(29)28-25)15-5-3-2-4-6-15/h2-13,22,26H,14,25H2,1H3,(H,27,30)(H,28,29). The van der Waals surface area contributed by atoms with Crippen molar-refractivity contribution >= 4 is 29.1 Å². The summed E-state index contributed by atoms with van der Waals surface area (Å²) in [6.07, 6.45) is 0. The van der Waals surface area contributed by atoms with E-state index in [4.69, 9.17) is 22.2 Å². The SMILES string of the molecule is COc1ccc(C(=O)Nc2ccc(Cl)cc2C(NCC(=O)NN)c2ccccc2)cc1. The number of methoxy groups -OCH3 is 1. The number of amides is 2. The van der Waals surface area contributed by atoms with Gasteiger partial charge in [0.2, 0.25) is 5.91 Å². The van der Waals surface area contributed by atoms with Crippen LogP contribution < -0.4 is 26.6 Å². The molecule has 0 bridgehead atoms. The van der Waals surface area contributed by atoms with Gasteiger partial charge in [0.1, 0.15) is 5.75 Å². The van der Waals surface area contributed by atoms with E-state index in [0.717, 1.165) is 5.56 Å². The van der Waals surface area contributed by atoms with Crippen molar-refractivity contribution in [3.8, 4) is 5.75 Å². The van der Waals surface area contributed by atoms with Gasteiger partial charge in [-0.25, -0.2) is 5.84 Å². The summed E-state index contributed by atoms with van der Waals surface area (Å²) >= 11 is 6.27. The molecule has 0 saturated carbocycles. The van der Waals surface area contributed by atoms with E-state index in [-0.39, 0.29) is 18.4 Å². The smallest absolute Gasteiger partial charge is 0.255 e. The van der Waals surface area contributed by atoms with E-state index in [0.29, 0.717) is 27.6 Å². The number of nitrogens with one attached hydrogen (secondary N) is 3. The third kappa shape index (κ3) is 5.82. The molecule has 0 spiro atoms. The number of anilines is 1. The number of benzene rings is 3. The molecule has 0 aliphatic rings. The highest BCUT2D eigenvalue weighted by Gasteiger charge is 2.20. The molecule has 0 radical (unpaired) electrons. The van der Waals surface area contributed by atoms with Crippen molar-refractivity contribution in [2.45, 2.75) is 6.04 Å². The molecule has 2 amide bonds. The molecular formula is C23H23ClN4O3. The van der Waals surface area contributed by atoms with Gasteiger partial charge < -0.3 is 10.1 Å². The summed E-state index contributed by atoms with van der Waals surface area (Å²) in [5.41, 5.74) is 4.77. The number of nitrogens with two attached hydrogens (primary N) is 1. The van der Waals surface area contributed by atoms with Crippen LogP contribution in [0.4, 0.5) is 5.69 Å². The number of carbonyl (C=O) groups excluding carboxylic acids is 2. The second-order valence-corrected chi connectivity index (χ2v) is 7.14. The predicted molar refractivity (Wildman–Crippen MR) is 121 cm³/mol. The molecule has 0 saturated heterocycles. The van der Waals surface area contributed by atoms with E-state index in [2.05, 4.69) is 16.1 Å². The molecule has 0 fully saturated rings. The average molecular weight is 439 g/mol. The number of carbonyl (C=O) groups is 2. The molecule has 0 heterocycles. The lowest BCUT2D eigenvalue weighted by atomic mass is 9.96. The molecule has 0 aliphatic heterocycles. The fourth-order valence-electron chi connectivity index (χ4n) is 3.12. The Bertz CT molecular complexity index is 1040. The zero-order chi connectivity index (χ0) is 22.2. The molecule has 3 rings (SSSR count). The third-order valence-corrected chi connectivity index (χ3v) is 4.92. The lowest BCUT2D eigenvalue weighted by molar-refractivity contribution is -0.120. The van der Waals surface area contributed by atoms with Crippen LogP contribution in [0.2, 0.25) is 5.02 Å².